The number of aryl methyl sites for hydroxylation is 1. The first-order chi connectivity index (χ1) is 18.4. The molecule has 0 unspecified atom stereocenters. The van der Waals surface area contributed by atoms with Gasteiger partial charge in [0.25, 0.3) is 0 Å². The largest absolute Gasteiger partial charge is 0.493 e. The summed E-state index contributed by atoms with van der Waals surface area (Å²) in [5, 5.41) is 7.12. The highest BCUT2D eigenvalue weighted by molar-refractivity contribution is 5.79. The maximum atomic E-state index is 12.9. The Morgan fingerprint density at radius 3 is 2.18 bits per heavy atom. The summed E-state index contributed by atoms with van der Waals surface area (Å²) in [6, 6.07) is 16.8. The van der Waals surface area contributed by atoms with E-state index in [9.17, 15) is 18.0 Å². The fourth-order valence-electron chi connectivity index (χ4n) is 5.01. The van der Waals surface area contributed by atoms with Crippen molar-refractivity contribution in [3.63, 3.8) is 0 Å². The van der Waals surface area contributed by atoms with Gasteiger partial charge in [-0.25, -0.2) is 4.79 Å². The van der Waals surface area contributed by atoms with Crippen LogP contribution in [0.2, 0.25) is 0 Å². The van der Waals surface area contributed by atoms with E-state index in [1.54, 1.807) is 0 Å². The molecule has 9 heteroatoms. The summed E-state index contributed by atoms with van der Waals surface area (Å²) < 4.78 is 37.8. The lowest BCUT2D eigenvalue weighted by molar-refractivity contribution is -0.192. The molecule has 0 bridgehead atoms. The zero-order chi connectivity index (χ0) is 28.6. The number of rotatable bonds is 7. The fourth-order valence-corrected chi connectivity index (χ4v) is 5.01. The first-order valence-corrected chi connectivity index (χ1v) is 13.4. The smallest absolute Gasteiger partial charge is 0.490 e. The number of amides is 1. The van der Waals surface area contributed by atoms with E-state index in [-0.39, 0.29) is 5.91 Å². The predicted molar refractivity (Wildman–Crippen MR) is 143 cm³/mol. The molecule has 2 heterocycles. The van der Waals surface area contributed by atoms with Crippen molar-refractivity contribution in [3.05, 3.63) is 65.2 Å². The number of carbonyl (C=O) groups is 2. The highest BCUT2D eigenvalue weighted by Gasteiger charge is 2.42. The molecule has 0 aromatic heterocycles. The first kappa shape index (κ1) is 30.5. The quantitative estimate of drug-likeness (QED) is 0.479. The Kier molecular flexibility index (Phi) is 10.4. The lowest BCUT2D eigenvalue weighted by Crippen LogP contribution is -2.42. The standard InChI is InChI=1S/C28H38N2O2.C2HF3O2/c1-22(2)20-32-26-7-5-4-6-25(26)19-29-15-12-28(13-16-29)14-17-30(21-28)27(31)18-24-10-8-23(3)9-11-24;3-2(4,5)1(6)7/h4-11,22H,12-21H2,1-3H3;(H,6,7). The van der Waals surface area contributed by atoms with Gasteiger partial charge >= 0.3 is 12.1 Å². The highest BCUT2D eigenvalue weighted by atomic mass is 19.4. The molecule has 4 rings (SSSR count). The number of benzene rings is 2. The summed E-state index contributed by atoms with van der Waals surface area (Å²) in [6.07, 6.45) is -1.06. The second-order valence-electron chi connectivity index (χ2n) is 11.1. The zero-order valence-electron chi connectivity index (χ0n) is 23.0. The number of carboxylic acids is 1. The number of hydrogen-bond donors (Lipinski definition) is 1. The van der Waals surface area contributed by atoms with Gasteiger partial charge in [-0.2, -0.15) is 13.2 Å². The summed E-state index contributed by atoms with van der Waals surface area (Å²) in [6.45, 7) is 12.2. The molecular formula is C30H39F3N2O4. The molecular weight excluding hydrogens is 509 g/mol. The van der Waals surface area contributed by atoms with Crippen LogP contribution in [0.4, 0.5) is 13.2 Å². The van der Waals surface area contributed by atoms with E-state index in [1.807, 2.05) is 0 Å². The van der Waals surface area contributed by atoms with Gasteiger partial charge in [0.1, 0.15) is 5.75 Å². The van der Waals surface area contributed by atoms with Crippen molar-refractivity contribution in [2.24, 2.45) is 11.3 Å². The van der Waals surface area contributed by atoms with Crippen LogP contribution >= 0.6 is 0 Å². The van der Waals surface area contributed by atoms with Crippen LogP contribution in [-0.4, -0.2) is 65.7 Å². The molecule has 1 spiro atoms. The average Bonchev–Trinajstić information content (AvgIpc) is 3.30. The van der Waals surface area contributed by atoms with Crippen LogP contribution in [0.5, 0.6) is 5.75 Å². The van der Waals surface area contributed by atoms with Crippen molar-refractivity contribution in [3.8, 4) is 5.75 Å². The molecule has 1 amide bonds. The molecule has 0 atom stereocenters. The first-order valence-electron chi connectivity index (χ1n) is 13.4. The topological polar surface area (TPSA) is 70.1 Å². The van der Waals surface area contributed by atoms with Gasteiger partial charge in [0.15, 0.2) is 0 Å². The van der Waals surface area contributed by atoms with Crippen molar-refractivity contribution < 1.29 is 32.6 Å². The Morgan fingerprint density at radius 2 is 1.59 bits per heavy atom. The highest BCUT2D eigenvalue weighted by Crippen LogP contribution is 2.41. The monoisotopic (exact) mass is 548 g/mol. The summed E-state index contributed by atoms with van der Waals surface area (Å²) >= 11 is 0. The fraction of sp³-hybridized carbons (Fsp3) is 0.533. The Hall–Kier alpha value is -3.07. The van der Waals surface area contributed by atoms with Crippen LogP contribution in [0, 0.1) is 18.3 Å². The third-order valence-electron chi connectivity index (χ3n) is 7.36. The van der Waals surface area contributed by atoms with Crippen molar-refractivity contribution in [2.75, 3.05) is 32.8 Å². The molecule has 2 aliphatic rings. The summed E-state index contributed by atoms with van der Waals surface area (Å²) in [5.41, 5.74) is 3.95. The van der Waals surface area contributed by atoms with Crippen LogP contribution < -0.4 is 4.74 Å². The van der Waals surface area contributed by atoms with Crippen molar-refractivity contribution >= 4 is 11.9 Å². The van der Waals surface area contributed by atoms with E-state index in [4.69, 9.17) is 14.6 Å². The minimum absolute atomic E-state index is 0.282. The lowest BCUT2D eigenvalue weighted by atomic mass is 9.77. The third-order valence-corrected chi connectivity index (χ3v) is 7.36. The maximum absolute atomic E-state index is 12.9. The molecule has 2 aliphatic heterocycles. The number of carbonyl (C=O) groups excluding carboxylic acids is 1. The minimum atomic E-state index is -5.08. The van der Waals surface area contributed by atoms with Gasteiger partial charge in [0.05, 0.1) is 13.0 Å². The SMILES string of the molecule is Cc1ccc(CC(=O)N2CCC3(CCN(Cc4ccccc4OCC(C)C)CC3)C2)cc1.O=C(O)C(F)(F)F. The summed E-state index contributed by atoms with van der Waals surface area (Å²) in [4.78, 5) is 26.4. The van der Waals surface area contributed by atoms with Gasteiger partial charge in [-0.1, -0.05) is 61.9 Å². The molecule has 39 heavy (non-hydrogen) atoms. The van der Waals surface area contributed by atoms with Crippen molar-refractivity contribution in [1.29, 1.82) is 0 Å². The number of nitrogens with zero attached hydrogens (tertiary/aromatic N) is 2. The number of hydrogen-bond acceptors (Lipinski definition) is 4. The van der Waals surface area contributed by atoms with Crippen molar-refractivity contribution in [2.45, 2.75) is 59.2 Å². The molecule has 0 aliphatic carbocycles. The molecule has 0 radical (unpaired) electrons. The van der Waals surface area contributed by atoms with E-state index in [1.165, 1.54) is 24.0 Å². The van der Waals surface area contributed by atoms with E-state index < -0.39 is 12.1 Å². The maximum Gasteiger partial charge on any atom is 0.490 e. The van der Waals surface area contributed by atoms with Crippen LogP contribution in [0.15, 0.2) is 48.5 Å². The van der Waals surface area contributed by atoms with E-state index in [2.05, 4.69) is 79.1 Å². The lowest BCUT2D eigenvalue weighted by Gasteiger charge is -2.39. The van der Waals surface area contributed by atoms with Crippen LogP contribution in [-0.2, 0) is 22.6 Å². The molecule has 1 N–H and O–H groups in total. The Morgan fingerprint density at radius 1 is 1.00 bits per heavy atom. The van der Waals surface area contributed by atoms with E-state index >= 15 is 0 Å². The van der Waals surface area contributed by atoms with E-state index in [0.717, 1.165) is 57.1 Å². The minimum Gasteiger partial charge on any atom is -0.493 e. The molecule has 0 saturated carbocycles. The molecule has 2 aromatic carbocycles. The number of piperidine rings is 1. The zero-order valence-corrected chi connectivity index (χ0v) is 23.0. The van der Waals surface area contributed by atoms with Crippen LogP contribution in [0.3, 0.4) is 0 Å². The Balaban J connectivity index is 0.000000532. The normalized spacial score (nSPS) is 17.2. The Labute approximate surface area is 228 Å². The molecule has 2 saturated heterocycles. The number of likely N-dealkylation sites (tertiary alicyclic amines) is 2. The predicted octanol–water partition coefficient (Wildman–Crippen LogP) is 5.72. The molecule has 2 fully saturated rings. The second kappa shape index (κ2) is 13.3. The van der Waals surface area contributed by atoms with E-state index in [0.29, 0.717) is 17.8 Å². The number of aliphatic carboxylic acids is 1. The number of para-hydroxylation sites is 1. The molecule has 2 aromatic rings. The van der Waals surface area contributed by atoms with Gasteiger partial charge < -0.3 is 14.7 Å². The summed E-state index contributed by atoms with van der Waals surface area (Å²) in [5.74, 6) is -0.927. The molecule has 214 valence electrons. The van der Waals surface area contributed by atoms with Crippen molar-refractivity contribution in [1.82, 2.24) is 9.80 Å². The van der Waals surface area contributed by atoms with Gasteiger partial charge in [0, 0.05) is 25.2 Å². The number of carboxylic acid groups (broad SMARTS) is 1. The van der Waals surface area contributed by atoms with Gasteiger partial charge in [-0.15, -0.1) is 0 Å². The van der Waals surface area contributed by atoms with Crippen LogP contribution in [0.1, 0.15) is 49.8 Å². The van der Waals surface area contributed by atoms with Gasteiger partial charge in [-0.05, 0) is 62.2 Å². The van der Waals surface area contributed by atoms with Crippen LogP contribution in [0.25, 0.3) is 0 Å². The summed E-state index contributed by atoms with van der Waals surface area (Å²) in [7, 11) is 0. The van der Waals surface area contributed by atoms with Gasteiger partial charge in [-0.3, -0.25) is 9.69 Å². The number of ether oxygens (including phenoxy) is 1. The number of halogens is 3. The second-order valence-corrected chi connectivity index (χ2v) is 11.1. The average molecular weight is 549 g/mol. The molecule has 6 nitrogen and oxygen atoms in total. The Bertz CT molecular complexity index is 1090. The van der Waals surface area contributed by atoms with Gasteiger partial charge in [0.2, 0.25) is 5.91 Å². The number of alkyl halides is 3. The third kappa shape index (κ3) is 9.27.